The molecular formula is C23H27N3O2. The number of amides is 1. The molecule has 2 aliphatic rings. The smallest absolute Gasteiger partial charge is 0.257 e. The van der Waals surface area contributed by atoms with E-state index in [2.05, 4.69) is 15.5 Å². The van der Waals surface area contributed by atoms with Crippen molar-refractivity contribution in [1.82, 2.24) is 4.90 Å². The Labute approximate surface area is 166 Å². The molecule has 1 amide bonds. The van der Waals surface area contributed by atoms with Crippen molar-refractivity contribution in [2.45, 2.75) is 25.7 Å². The third-order valence-corrected chi connectivity index (χ3v) is 5.28. The monoisotopic (exact) mass is 377 g/mol. The van der Waals surface area contributed by atoms with Gasteiger partial charge in [-0.1, -0.05) is 24.6 Å². The molecule has 5 heteroatoms. The van der Waals surface area contributed by atoms with Gasteiger partial charge in [-0.05, 0) is 62.7 Å². The minimum Gasteiger partial charge on any atom is -0.494 e. The van der Waals surface area contributed by atoms with E-state index in [1.54, 1.807) is 6.20 Å². The second-order valence-corrected chi connectivity index (χ2v) is 7.33. The van der Waals surface area contributed by atoms with Crippen LogP contribution in [0.3, 0.4) is 0 Å². The first-order valence-electron chi connectivity index (χ1n) is 10.1. The number of hydrogen-bond acceptors (Lipinski definition) is 4. The Balaban J connectivity index is 1.26. The van der Waals surface area contributed by atoms with Crippen LogP contribution in [-0.2, 0) is 4.79 Å². The molecule has 0 aromatic heterocycles. The van der Waals surface area contributed by atoms with E-state index in [9.17, 15) is 4.79 Å². The lowest BCUT2D eigenvalue weighted by atomic mass is 10.1. The summed E-state index contributed by atoms with van der Waals surface area (Å²) in [5, 5.41) is 6.08. The van der Waals surface area contributed by atoms with Crippen molar-refractivity contribution in [2.24, 2.45) is 0 Å². The largest absolute Gasteiger partial charge is 0.494 e. The molecule has 0 spiro atoms. The molecule has 1 fully saturated rings. The van der Waals surface area contributed by atoms with Gasteiger partial charge in [0, 0.05) is 29.7 Å². The predicted molar refractivity (Wildman–Crippen MR) is 114 cm³/mol. The third-order valence-electron chi connectivity index (χ3n) is 5.28. The predicted octanol–water partition coefficient (Wildman–Crippen LogP) is 4.35. The summed E-state index contributed by atoms with van der Waals surface area (Å²) in [6.07, 6.45) is 6.86. The van der Waals surface area contributed by atoms with Gasteiger partial charge in [-0.25, -0.2) is 0 Å². The summed E-state index contributed by atoms with van der Waals surface area (Å²) in [4.78, 5) is 14.7. The van der Waals surface area contributed by atoms with Gasteiger partial charge in [0.2, 0.25) is 0 Å². The third kappa shape index (κ3) is 4.54. The fourth-order valence-corrected chi connectivity index (χ4v) is 3.75. The van der Waals surface area contributed by atoms with Crippen molar-refractivity contribution in [2.75, 3.05) is 36.9 Å². The normalized spacial score (nSPS) is 18.0. The minimum absolute atomic E-state index is 0.0811. The first-order chi connectivity index (χ1) is 13.8. The minimum atomic E-state index is -0.0811. The molecule has 2 N–H and O–H groups in total. The zero-order valence-corrected chi connectivity index (χ0v) is 16.1. The van der Waals surface area contributed by atoms with Crippen LogP contribution in [-0.4, -0.2) is 37.0 Å². The Kier molecular flexibility index (Phi) is 5.92. The van der Waals surface area contributed by atoms with Crippen molar-refractivity contribution in [3.8, 4) is 5.75 Å². The Morgan fingerprint density at radius 2 is 1.82 bits per heavy atom. The highest BCUT2D eigenvalue weighted by atomic mass is 16.5. The van der Waals surface area contributed by atoms with E-state index < -0.39 is 0 Å². The van der Waals surface area contributed by atoms with Gasteiger partial charge in [-0.2, -0.15) is 0 Å². The Morgan fingerprint density at radius 1 is 1.04 bits per heavy atom. The lowest BCUT2D eigenvalue weighted by Gasteiger charge is -2.26. The van der Waals surface area contributed by atoms with E-state index in [1.165, 1.54) is 32.4 Å². The van der Waals surface area contributed by atoms with E-state index in [1.807, 2.05) is 48.5 Å². The number of fused-ring (bicyclic) bond motifs is 1. The standard InChI is InChI=1S/C23H27N3O2/c27-23-21(20-7-2-3-8-22(20)25-23)17-24-18-9-11-19(12-10-18)28-16-6-15-26-13-4-1-5-14-26/h2-3,7-12,17,24H,1,4-6,13-16H2,(H,25,27). The van der Waals surface area contributed by atoms with Gasteiger partial charge < -0.3 is 20.3 Å². The van der Waals surface area contributed by atoms with Crippen LogP contribution in [0, 0.1) is 0 Å². The maximum atomic E-state index is 12.1. The van der Waals surface area contributed by atoms with Gasteiger partial charge in [-0.15, -0.1) is 0 Å². The van der Waals surface area contributed by atoms with Gasteiger partial charge in [0.05, 0.1) is 12.2 Å². The molecule has 28 heavy (non-hydrogen) atoms. The fourth-order valence-electron chi connectivity index (χ4n) is 3.75. The molecule has 0 atom stereocenters. The number of nitrogens with zero attached hydrogens (tertiary/aromatic N) is 1. The SMILES string of the molecule is O=C1Nc2ccccc2C1=CNc1ccc(OCCCN2CCCCC2)cc1. The molecule has 0 aliphatic carbocycles. The summed E-state index contributed by atoms with van der Waals surface area (Å²) < 4.78 is 5.86. The number of hydrogen-bond donors (Lipinski definition) is 2. The topological polar surface area (TPSA) is 53.6 Å². The Hall–Kier alpha value is -2.79. The van der Waals surface area contributed by atoms with Crippen LogP contribution in [0.1, 0.15) is 31.2 Å². The lowest BCUT2D eigenvalue weighted by Crippen LogP contribution is -2.31. The maximum absolute atomic E-state index is 12.1. The van der Waals surface area contributed by atoms with Crippen LogP contribution in [0.2, 0.25) is 0 Å². The molecule has 0 radical (unpaired) electrons. The van der Waals surface area contributed by atoms with Crippen molar-refractivity contribution in [1.29, 1.82) is 0 Å². The number of para-hydroxylation sites is 1. The van der Waals surface area contributed by atoms with Crippen LogP contribution in [0.25, 0.3) is 5.57 Å². The molecule has 0 unspecified atom stereocenters. The summed E-state index contributed by atoms with van der Waals surface area (Å²) in [5.41, 5.74) is 3.35. The zero-order chi connectivity index (χ0) is 19.2. The fraction of sp³-hybridized carbons (Fsp3) is 0.348. The highest BCUT2D eigenvalue weighted by molar-refractivity contribution is 6.31. The van der Waals surface area contributed by atoms with E-state index >= 15 is 0 Å². The number of benzene rings is 2. The van der Waals surface area contributed by atoms with Crippen LogP contribution in [0.4, 0.5) is 11.4 Å². The van der Waals surface area contributed by atoms with E-state index in [4.69, 9.17) is 4.74 Å². The highest BCUT2D eigenvalue weighted by Crippen LogP contribution is 2.31. The molecule has 2 heterocycles. The number of piperidine rings is 1. The molecule has 5 nitrogen and oxygen atoms in total. The van der Waals surface area contributed by atoms with E-state index in [0.29, 0.717) is 5.57 Å². The number of anilines is 2. The maximum Gasteiger partial charge on any atom is 0.257 e. The number of carbonyl (C=O) groups is 1. The lowest BCUT2D eigenvalue weighted by molar-refractivity contribution is -0.110. The van der Waals surface area contributed by atoms with Gasteiger partial charge in [-0.3, -0.25) is 4.79 Å². The van der Waals surface area contributed by atoms with Crippen LogP contribution in [0.5, 0.6) is 5.75 Å². The molecule has 0 bridgehead atoms. The summed E-state index contributed by atoms with van der Waals surface area (Å²) in [5.74, 6) is 0.795. The van der Waals surface area contributed by atoms with Crippen molar-refractivity contribution in [3.05, 3.63) is 60.3 Å². The van der Waals surface area contributed by atoms with Gasteiger partial charge in [0.25, 0.3) is 5.91 Å². The summed E-state index contributed by atoms with van der Waals surface area (Å²) in [6.45, 7) is 4.33. The van der Waals surface area contributed by atoms with Crippen molar-refractivity contribution in [3.63, 3.8) is 0 Å². The molecule has 2 aliphatic heterocycles. The molecule has 2 aromatic carbocycles. The van der Waals surface area contributed by atoms with Crippen LogP contribution < -0.4 is 15.4 Å². The van der Waals surface area contributed by atoms with E-state index in [-0.39, 0.29) is 5.91 Å². The second kappa shape index (κ2) is 8.93. The van der Waals surface area contributed by atoms with Crippen LogP contribution in [0.15, 0.2) is 54.7 Å². The average molecular weight is 377 g/mol. The molecule has 146 valence electrons. The van der Waals surface area contributed by atoms with Crippen LogP contribution >= 0.6 is 0 Å². The quantitative estimate of drug-likeness (QED) is 0.556. The summed E-state index contributed by atoms with van der Waals surface area (Å²) in [6, 6.07) is 15.6. The average Bonchev–Trinajstić information content (AvgIpc) is 3.06. The number of likely N-dealkylation sites (tertiary alicyclic amines) is 1. The van der Waals surface area contributed by atoms with E-state index in [0.717, 1.165) is 42.3 Å². The highest BCUT2D eigenvalue weighted by Gasteiger charge is 2.23. The number of nitrogens with one attached hydrogen (secondary N) is 2. The first-order valence-corrected chi connectivity index (χ1v) is 10.1. The van der Waals surface area contributed by atoms with Crippen molar-refractivity contribution >= 4 is 22.9 Å². The second-order valence-electron chi connectivity index (χ2n) is 7.33. The number of carbonyl (C=O) groups excluding carboxylic acids is 1. The number of rotatable bonds is 7. The zero-order valence-electron chi connectivity index (χ0n) is 16.1. The number of ether oxygens (including phenoxy) is 1. The Morgan fingerprint density at radius 3 is 2.64 bits per heavy atom. The molecular weight excluding hydrogens is 350 g/mol. The first kappa shape index (κ1) is 18.6. The van der Waals surface area contributed by atoms with Gasteiger partial charge in [0.1, 0.15) is 5.75 Å². The molecule has 2 aromatic rings. The molecule has 0 saturated carbocycles. The van der Waals surface area contributed by atoms with Gasteiger partial charge in [0.15, 0.2) is 0 Å². The van der Waals surface area contributed by atoms with Crippen molar-refractivity contribution < 1.29 is 9.53 Å². The molecule has 1 saturated heterocycles. The Bertz CT molecular complexity index is 839. The molecule has 4 rings (SSSR count). The van der Waals surface area contributed by atoms with Gasteiger partial charge >= 0.3 is 0 Å². The summed E-state index contributed by atoms with van der Waals surface area (Å²) >= 11 is 0. The summed E-state index contributed by atoms with van der Waals surface area (Å²) in [7, 11) is 0.